The molecule has 9 nitrogen and oxygen atoms in total. The van der Waals surface area contributed by atoms with Gasteiger partial charge in [0.05, 0.1) is 6.20 Å². The normalized spacial score (nSPS) is 15.7. The molecule has 0 spiro atoms. The number of ether oxygens (including phenoxy) is 1. The van der Waals surface area contributed by atoms with Gasteiger partial charge in [0, 0.05) is 29.8 Å². The van der Waals surface area contributed by atoms with Crippen LogP contribution in [0, 0.1) is 0 Å². The molecule has 26 heavy (non-hydrogen) atoms. The number of aromatic nitrogens is 3. The molecule has 0 aliphatic carbocycles. The zero-order valence-electron chi connectivity index (χ0n) is 14.4. The monoisotopic (exact) mass is 379 g/mol. The maximum Gasteiger partial charge on any atom is 0.254 e. The summed E-state index contributed by atoms with van der Waals surface area (Å²) in [5, 5.41) is 7.27. The van der Waals surface area contributed by atoms with Crippen LogP contribution in [-0.4, -0.2) is 54.5 Å². The van der Waals surface area contributed by atoms with Crippen LogP contribution in [0.2, 0.25) is 0 Å². The average molecular weight is 379 g/mol. The summed E-state index contributed by atoms with van der Waals surface area (Å²) in [4.78, 5) is 16.1. The third-order valence-corrected chi connectivity index (χ3v) is 4.75. The highest BCUT2D eigenvalue weighted by Gasteiger charge is 2.20. The van der Waals surface area contributed by atoms with Gasteiger partial charge in [-0.15, -0.1) is 0 Å². The summed E-state index contributed by atoms with van der Waals surface area (Å²) in [6.45, 7) is 1.71. The lowest BCUT2D eigenvalue weighted by molar-refractivity contribution is 0.0986. The van der Waals surface area contributed by atoms with Crippen LogP contribution in [0.25, 0.3) is 11.1 Å². The number of piperidine rings is 1. The van der Waals surface area contributed by atoms with Gasteiger partial charge < -0.3 is 15.8 Å². The number of hydrogen-bond acceptors (Lipinski definition) is 7. The number of sulfone groups is 1. The van der Waals surface area contributed by atoms with Crippen molar-refractivity contribution in [2.75, 3.05) is 19.3 Å². The Balaban J connectivity index is 1.85. The van der Waals surface area contributed by atoms with Crippen LogP contribution in [0.1, 0.15) is 23.2 Å². The second-order valence-electron chi connectivity index (χ2n) is 6.33. The van der Waals surface area contributed by atoms with Crippen molar-refractivity contribution in [1.82, 2.24) is 20.1 Å². The van der Waals surface area contributed by atoms with Gasteiger partial charge >= 0.3 is 0 Å². The third-order valence-electron chi connectivity index (χ3n) is 4.01. The highest BCUT2D eigenvalue weighted by atomic mass is 32.2. The minimum atomic E-state index is -3.21. The zero-order chi connectivity index (χ0) is 18.7. The molecule has 1 aliphatic rings. The highest BCUT2D eigenvalue weighted by Crippen LogP contribution is 2.25. The first-order valence-corrected chi connectivity index (χ1v) is 10.3. The number of nitrogens with one attached hydrogen (secondary N) is 1. The van der Waals surface area contributed by atoms with Crippen LogP contribution >= 0.6 is 0 Å². The first-order valence-electron chi connectivity index (χ1n) is 8.19. The molecular formula is C16H21N5O4S. The molecule has 0 saturated carbocycles. The SMILES string of the molecule is CS(=O)(=O)Cn1cc(-c2cnc(OC3CCNCC3)c(C(N)=O)c2)cn1. The van der Waals surface area contributed by atoms with E-state index in [1.165, 1.54) is 10.9 Å². The molecule has 0 atom stereocenters. The molecule has 0 aromatic carbocycles. The minimum absolute atomic E-state index is 0.00906. The van der Waals surface area contributed by atoms with E-state index >= 15 is 0 Å². The molecule has 2 aromatic rings. The lowest BCUT2D eigenvalue weighted by Gasteiger charge is -2.24. The first kappa shape index (κ1) is 18.3. The van der Waals surface area contributed by atoms with E-state index < -0.39 is 15.7 Å². The Bertz CT molecular complexity index is 903. The number of nitrogens with two attached hydrogens (primary N) is 1. The van der Waals surface area contributed by atoms with Gasteiger partial charge in [-0.2, -0.15) is 5.10 Å². The number of carbonyl (C=O) groups is 1. The molecule has 0 bridgehead atoms. The second-order valence-corrected chi connectivity index (χ2v) is 8.44. The number of hydrogen-bond donors (Lipinski definition) is 2. The Labute approximate surface area is 151 Å². The quantitative estimate of drug-likeness (QED) is 0.732. The minimum Gasteiger partial charge on any atom is -0.474 e. The molecular weight excluding hydrogens is 358 g/mol. The molecule has 10 heteroatoms. The molecule has 1 fully saturated rings. The standard InChI is InChI=1S/C16H21N5O4S/c1-26(23,24)10-21-9-12(8-20-21)11-6-14(15(17)22)16(19-7-11)25-13-2-4-18-5-3-13/h6-9,13,18H,2-5,10H2,1H3,(H2,17,22). The summed E-state index contributed by atoms with van der Waals surface area (Å²) >= 11 is 0. The molecule has 3 heterocycles. The van der Waals surface area contributed by atoms with Crippen LogP contribution < -0.4 is 15.8 Å². The molecule has 3 rings (SSSR count). The lowest BCUT2D eigenvalue weighted by atomic mass is 10.1. The van der Waals surface area contributed by atoms with Crippen molar-refractivity contribution in [3.63, 3.8) is 0 Å². The van der Waals surface area contributed by atoms with Crippen LogP contribution in [0.15, 0.2) is 24.7 Å². The number of amides is 1. The summed E-state index contributed by atoms with van der Waals surface area (Å²) in [7, 11) is -3.21. The second kappa shape index (κ2) is 7.42. The fraction of sp³-hybridized carbons (Fsp3) is 0.438. The summed E-state index contributed by atoms with van der Waals surface area (Å²) in [5.74, 6) is -0.636. The molecule has 3 N–H and O–H groups in total. The van der Waals surface area contributed by atoms with E-state index in [0.717, 1.165) is 32.2 Å². The summed E-state index contributed by atoms with van der Waals surface area (Å²) in [6.07, 6.45) is 7.44. The van der Waals surface area contributed by atoms with E-state index in [-0.39, 0.29) is 23.4 Å². The van der Waals surface area contributed by atoms with Gasteiger partial charge in [-0.25, -0.2) is 13.4 Å². The fourth-order valence-electron chi connectivity index (χ4n) is 2.78. The van der Waals surface area contributed by atoms with Crippen LogP contribution in [-0.2, 0) is 15.7 Å². The highest BCUT2D eigenvalue weighted by molar-refractivity contribution is 7.89. The van der Waals surface area contributed by atoms with Crippen LogP contribution in [0.5, 0.6) is 5.88 Å². The van der Waals surface area contributed by atoms with Crippen molar-refractivity contribution >= 4 is 15.7 Å². The average Bonchev–Trinajstić information content (AvgIpc) is 3.02. The Hall–Kier alpha value is -2.46. The maximum absolute atomic E-state index is 11.8. The molecule has 1 saturated heterocycles. The smallest absolute Gasteiger partial charge is 0.254 e. The number of primary amides is 1. The van der Waals surface area contributed by atoms with Crippen LogP contribution in [0.4, 0.5) is 0 Å². The largest absolute Gasteiger partial charge is 0.474 e. The molecule has 2 aromatic heterocycles. The van der Waals surface area contributed by atoms with E-state index in [2.05, 4.69) is 15.4 Å². The van der Waals surface area contributed by atoms with Gasteiger partial charge in [0.1, 0.15) is 17.5 Å². The summed E-state index contributed by atoms with van der Waals surface area (Å²) < 4.78 is 29.9. The number of pyridine rings is 1. The van der Waals surface area contributed by atoms with Crippen molar-refractivity contribution in [2.45, 2.75) is 24.8 Å². The molecule has 1 aliphatic heterocycles. The Kier molecular flexibility index (Phi) is 5.23. The van der Waals surface area contributed by atoms with Crippen molar-refractivity contribution in [3.05, 3.63) is 30.2 Å². The predicted molar refractivity (Wildman–Crippen MR) is 95.3 cm³/mol. The van der Waals surface area contributed by atoms with Crippen LogP contribution in [0.3, 0.4) is 0 Å². The number of rotatable bonds is 6. The Morgan fingerprint density at radius 3 is 2.73 bits per heavy atom. The van der Waals surface area contributed by atoms with E-state index in [0.29, 0.717) is 11.1 Å². The molecule has 0 radical (unpaired) electrons. The first-order chi connectivity index (χ1) is 12.3. The number of nitrogens with zero attached hydrogens (tertiary/aromatic N) is 3. The lowest BCUT2D eigenvalue weighted by Crippen LogP contribution is -2.34. The van der Waals surface area contributed by atoms with E-state index in [4.69, 9.17) is 10.5 Å². The maximum atomic E-state index is 11.8. The van der Waals surface area contributed by atoms with Gasteiger partial charge in [0.25, 0.3) is 5.91 Å². The zero-order valence-corrected chi connectivity index (χ0v) is 15.2. The van der Waals surface area contributed by atoms with Gasteiger partial charge in [-0.05, 0) is 32.0 Å². The molecule has 140 valence electrons. The summed E-state index contributed by atoms with van der Waals surface area (Å²) in [6, 6.07) is 1.59. The van der Waals surface area contributed by atoms with Crippen molar-refractivity contribution in [1.29, 1.82) is 0 Å². The third kappa shape index (κ3) is 4.58. The predicted octanol–water partition coefficient (Wildman–Crippen LogP) is 0.177. The fourth-order valence-corrected chi connectivity index (χ4v) is 3.40. The molecule has 1 amide bonds. The Morgan fingerprint density at radius 2 is 2.08 bits per heavy atom. The molecule has 0 unspecified atom stereocenters. The Morgan fingerprint density at radius 1 is 1.35 bits per heavy atom. The van der Waals surface area contributed by atoms with Crippen molar-refractivity contribution < 1.29 is 17.9 Å². The van der Waals surface area contributed by atoms with Gasteiger partial charge in [0.2, 0.25) is 5.88 Å². The van der Waals surface area contributed by atoms with E-state index in [9.17, 15) is 13.2 Å². The van der Waals surface area contributed by atoms with Gasteiger partial charge in [0.15, 0.2) is 9.84 Å². The van der Waals surface area contributed by atoms with Gasteiger partial charge in [-0.1, -0.05) is 0 Å². The van der Waals surface area contributed by atoms with E-state index in [1.807, 2.05) is 0 Å². The van der Waals surface area contributed by atoms with Gasteiger partial charge in [-0.3, -0.25) is 9.48 Å². The van der Waals surface area contributed by atoms with Crippen molar-refractivity contribution in [2.24, 2.45) is 5.73 Å². The number of carbonyl (C=O) groups excluding carboxylic acids is 1. The topological polar surface area (TPSA) is 129 Å². The van der Waals surface area contributed by atoms with E-state index in [1.54, 1.807) is 18.5 Å². The van der Waals surface area contributed by atoms with Crippen molar-refractivity contribution in [3.8, 4) is 17.0 Å². The summed E-state index contributed by atoms with van der Waals surface area (Å²) in [5.41, 5.74) is 6.92.